The van der Waals surface area contributed by atoms with Gasteiger partial charge in [0.1, 0.15) is 0 Å². The minimum Gasteiger partial charge on any atom is -0.345 e. The fourth-order valence-electron chi connectivity index (χ4n) is 2.30. The lowest BCUT2D eigenvalue weighted by atomic mass is 10.1. The Morgan fingerprint density at radius 2 is 1.80 bits per heavy atom. The van der Waals surface area contributed by atoms with Crippen molar-refractivity contribution in [3.05, 3.63) is 59.4 Å². The number of aromatic nitrogens is 2. The zero-order valence-electron chi connectivity index (χ0n) is 11.7. The van der Waals surface area contributed by atoms with Gasteiger partial charge in [0.15, 0.2) is 0 Å². The Kier molecular flexibility index (Phi) is 3.33. The Bertz CT molecular complexity index is 769. The number of benzene rings is 2. The number of aryl methyl sites for hydroxylation is 2. The summed E-state index contributed by atoms with van der Waals surface area (Å²) in [6, 6.07) is 12.5. The molecule has 4 rings (SSSR count). The molecule has 20 heavy (non-hydrogen) atoms. The number of aromatic amines is 1. The number of imidazole rings is 1. The van der Waals surface area contributed by atoms with Gasteiger partial charge >= 0.3 is 0 Å². The summed E-state index contributed by atoms with van der Waals surface area (Å²) in [4.78, 5) is 11.4. The molecule has 1 aliphatic heterocycles. The highest BCUT2D eigenvalue weighted by Gasteiger charge is 2.04. The third-order valence-electron chi connectivity index (χ3n) is 3.35. The first-order valence-corrected chi connectivity index (χ1v) is 6.74. The maximum atomic E-state index is 4.22. The largest absolute Gasteiger partial charge is 0.345 e. The molecule has 2 heterocycles. The summed E-state index contributed by atoms with van der Waals surface area (Å²) in [6.45, 7) is 4.18. The van der Waals surface area contributed by atoms with Crippen LogP contribution < -0.4 is 0 Å². The van der Waals surface area contributed by atoms with E-state index in [4.69, 9.17) is 0 Å². The van der Waals surface area contributed by atoms with Crippen molar-refractivity contribution in [2.75, 3.05) is 0 Å². The molecule has 3 heteroatoms. The van der Waals surface area contributed by atoms with Crippen LogP contribution in [-0.2, 0) is 6.42 Å². The van der Waals surface area contributed by atoms with Crippen LogP contribution in [0.25, 0.3) is 11.0 Å². The highest BCUT2D eigenvalue weighted by molar-refractivity contribution is 5.76. The Hall–Kier alpha value is -2.42. The molecule has 3 nitrogen and oxygen atoms in total. The number of fused-ring (bicyclic) bond motifs is 2. The van der Waals surface area contributed by atoms with E-state index in [0.717, 1.165) is 23.1 Å². The van der Waals surface area contributed by atoms with Crippen molar-refractivity contribution >= 4 is 22.9 Å². The molecular formula is C17H17N3. The number of nitrogens with one attached hydrogen (secondary N) is 1. The molecule has 0 aliphatic carbocycles. The first kappa shape index (κ1) is 12.6. The van der Waals surface area contributed by atoms with Crippen molar-refractivity contribution in [3.8, 4) is 0 Å². The van der Waals surface area contributed by atoms with E-state index in [9.17, 15) is 0 Å². The van der Waals surface area contributed by atoms with E-state index in [1.165, 1.54) is 16.7 Å². The summed E-state index contributed by atoms with van der Waals surface area (Å²) in [7, 11) is 0. The van der Waals surface area contributed by atoms with Gasteiger partial charge < -0.3 is 4.98 Å². The van der Waals surface area contributed by atoms with E-state index < -0.39 is 0 Å². The third kappa shape index (κ3) is 2.62. The molecule has 0 fully saturated rings. The average Bonchev–Trinajstić information content (AvgIpc) is 3.06. The van der Waals surface area contributed by atoms with Crippen molar-refractivity contribution < 1.29 is 0 Å². The monoisotopic (exact) mass is 263 g/mol. The lowest BCUT2D eigenvalue weighted by molar-refractivity contribution is 1.34. The molecule has 0 unspecified atom stereocenters. The molecule has 0 spiro atoms. The minimum atomic E-state index is 1.01. The summed E-state index contributed by atoms with van der Waals surface area (Å²) in [6.07, 6.45) is 4.69. The van der Waals surface area contributed by atoms with Crippen molar-refractivity contribution in [1.29, 1.82) is 0 Å². The molecule has 0 saturated carbocycles. The molecular weight excluding hydrogens is 246 g/mol. The standard InChI is InChI=1S/C9H9N.C8H8N2/c1-7-2-3-9-8(6-7)4-5-10-9;1-6-2-3-7-8(4-6)10-5-9-7/h2-3,5-6H,4H2,1H3;2-5H,1H3,(H,9,10). The molecule has 0 radical (unpaired) electrons. The number of aliphatic imine (C=N–C) groups is 1. The molecule has 0 saturated heterocycles. The third-order valence-corrected chi connectivity index (χ3v) is 3.35. The highest BCUT2D eigenvalue weighted by atomic mass is 14.9. The zero-order chi connectivity index (χ0) is 13.9. The van der Waals surface area contributed by atoms with Crippen LogP contribution in [0, 0.1) is 13.8 Å². The van der Waals surface area contributed by atoms with Crippen molar-refractivity contribution in [2.45, 2.75) is 20.3 Å². The number of rotatable bonds is 0. The number of nitrogens with zero attached hydrogens (tertiary/aromatic N) is 2. The SMILES string of the molecule is Cc1ccc2c(c1)CC=N2.Cc1ccc2nc[nH]c2c1. The maximum absolute atomic E-state index is 4.22. The van der Waals surface area contributed by atoms with Crippen LogP contribution in [0.1, 0.15) is 16.7 Å². The number of hydrogen-bond donors (Lipinski definition) is 1. The molecule has 2 aromatic carbocycles. The Morgan fingerprint density at radius 3 is 2.70 bits per heavy atom. The predicted octanol–water partition coefficient (Wildman–Crippen LogP) is 4.12. The molecule has 1 aliphatic rings. The van der Waals surface area contributed by atoms with Crippen LogP contribution >= 0.6 is 0 Å². The second kappa shape index (κ2) is 5.29. The van der Waals surface area contributed by atoms with Crippen LogP contribution in [0.2, 0.25) is 0 Å². The Morgan fingerprint density at radius 1 is 1.00 bits per heavy atom. The summed E-state index contributed by atoms with van der Waals surface area (Å²) in [5.74, 6) is 0. The summed E-state index contributed by atoms with van der Waals surface area (Å²) in [5.41, 5.74) is 7.23. The van der Waals surface area contributed by atoms with Crippen LogP contribution in [0.3, 0.4) is 0 Å². The van der Waals surface area contributed by atoms with Crippen molar-refractivity contribution in [2.24, 2.45) is 4.99 Å². The van der Waals surface area contributed by atoms with Gasteiger partial charge in [-0.2, -0.15) is 0 Å². The average molecular weight is 263 g/mol. The molecule has 0 atom stereocenters. The van der Waals surface area contributed by atoms with Crippen LogP contribution in [0.4, 0.5) is 5.69 Å². The normalized spacial score (nSPS) is 12.1. The molecule has 100 valence electrons. The first-order chi connectivity index (χ1) is 9.72. The van der Waals surface area contributed by atoms with E-state index in [-0.39, 0.29) is 0 Å². The number of H-pyrrole nitrogens is 1. The summed E-state index contributed by atoms with van der Waals surface area (Å²) >= 11 is 0. The minimum absolute atomic E-state index is 1.01. The van der Waals surface area contributed by atoms with E-state index in [2.05, 4.69) is 59.1 Å². The molecule has 1 aromatic heterocycles. The topological polar surface area (TPSA) is 41.0 Å². The van der Waals surface area contributed by atoms with Gasteiger partial charge in [0.25, 0.3) is 0 Å². The Labute approximate surface area is 118 Å². The van der Waals surface area contributed by atoms with Gasteiger partial charge in [-0.15, -0.1) is 0 Å². The number of hydrogen-bond acceptors (Lipinski definition) is 2. The van der Waals surface area contributed by atoms with Gasteiger partial charge in [0.05, 0.1) is 23.0 Å². The van der Waals surface area contributed by atoms with E-state index >= 15 is 0 Å². The zero-order valence-corrected chi connectivity index (χ0v) is 11.7. The second-order valence-corrected chi connectivity index (χ2v) is 5.07. The predicted molar refractivity (Wildman–Crippen MR) is 83.9 cm³/mol. The molecule has 3 aromatic rings. The Balaban J connectivity index is 0.000000121. The van der Waals surface area contributed by atoms with Gasteiger partial charge in [-0.05, 0) is 43.2 Å². The maximum Gasteiger partial charge on any atom is 0.0931 e. The van der Waals surface area contributed by atoms with Crippen LogP contribution in [0.5, 0.6) is 0 Å². The lowest BCUT2D eigenvalue weighted by Crippen LogP contribution is -1.79. The van der Waals surface area contributed by atoms with E-state index in [1.54, 1.807) is 6.33 Å². The highest BCUT2D eigenvalue weighted by Crippen LogP contribution is 2.24. The van der Waals surface area contributed by atoms with Gasteiger partial charge in [0, 0.05) is 12.6 Å². The van der Waals surface area contributed by atoms with Gasteiger partial charge in [-0.3, -0.25) is 4.99 Å². The van der Waals surface area contributed by atoms with Crippen LogP contribution in [-0.4, -0.2) is 16.2 Å². The molecule has 0 bridgehead atoms. The van der Waals surface area contributed by atoms with E-state index in [0.29, 0.717) is 0 Å². The first-order valence-electron chi connectivity index (χ1n) is 6.74. The smallest absolute Gasteiger partial charge is 0.0931 e. The molecule has 1 N–H and O–H groups in total. The fourth-order valence-corrected chi connectivity index (χ4v) is 2.30. The van der Waals surface area contributed by atoms with Gasteiger partial charge in [-0.1, -0.05) is 23.8 Å². The van der Waals surface area contributed by atoms with Gasteiger partial charge in [0.2, 0.25) is 0 Å². The second-order valence-electron chi connectivity index (χ2n) is 5.07. The summed E-state index contributed by atoms with van der Waals surface area (Å²) in [5, 5.41) is 0. The quantitative estimate of drug-likeness (QED) is 0.651. The van der Waals surface area contributed by atoms with Gasteiger partial charge in [-0.25, -0.2) is 4.98 Å². The summed E-state index contributed by atoms with van der Waals surface area (Å²) < 4.78 is 0. The van der Waals surface area contributed by atoms with E-state index in [1.807, 2.05) is 12.3 Å². The van der Waals surface area contributed by atoms with Crippen LogP contribution in [0.15, 0.2) is 47.7 Å². The van der Waals surface area contributed by atoms with Crippen molar-refractivity contribution in [3.63, 3.8) is 0 Å². The molecule has 0 amide bonds. The van der Waals surface area contributed by atoms with Crippen molar-refractivity contribution in [1.82, 2.24) is 9.97 Å². The lowest BCUT2D eigenvalue weighted by Gasteiger charge is -1.96. The fraction of sp³-hybridized carbons (Fsp3) is 0.176.